The summed E-state index contributed by atoms with van der Waals surface area (Å²) in [6.45, 7) is 0.620. The molecule has 0 aromatic carbocycles. The maximum atomic E-state index is 12.3. The fraction of sp³-hybridized carbons (Fsp3) is 0.455. The number of hydrogen-bond acceptors (Lipinski definition) is 4. The molecule has 1 aliphatic rings. The number of carboxylic acids is 1. The monoisotopic (exact) mass is 349 g/mol. The van der Waals surface area contributed by atoms with Crippen molar-refractivity contribution in [3.8, 4) is 0 Å². The van der Waals surface area contributed by atoms with Crippen LogP contribution < -0.4 is 0 Å². The molecule has 1 N–H and O–H groups in total. The lowest BCUT2D eigenvalue weighted by Crippen LogP contribution is -2.47. The van der Waals surface area contributed by atoms with Crippen LogP contribution in [0.3, 0.4) is 0 Å². The minimum atomic E-state index is -0.855. The second kappa shape index (κ2) is 6.08. The fourth-order valence-electron chi connectivity index (χ4n) is 1.88. The van der Waals surface area contributed by atoms with E-state index >= 15 is 0 Å². The Morgan fingerprint density at radius 1 is 1.56 bits per heavy atom. The third-order valence-electron chi connectivity index (χ3n) is 2.71. The first-order valence-electron chi connectivity index (χ1n) is 5.42. The Balaban J connectivity index is 2.13. The highest BCUT2D eigenvalue weighted by Crippen LogP contribution is 2.25. The number of hydrogen-bond donors (Lipinski definition) is 1. The summed E-state index contributed by atoms with van der Waals surface area (Å²) in [4.78, 5) is 24.8. The van der Waals surface area contributed by atoms with Crippen molar-refractivity contribution in [2.24, 2.45) is 0 Å². The summed E-state index contributed by atoms with van der Waals surface area (Å²) in [5, 5.41) is 10.7. The van der Waals surface area contributed by atoms with Crippen molar-refractivity contribution in [1.82, 2.24) is 4.90 Å². The number of nitrogens with zero attached hydrogens (tertiary/aromatic N) is 1. The molecular formula is C11H12BrNO3S2. The summed E-state index contributed by atoms with van der Waals surface area (Å²) in [5.41, 5.74) is 0.633. The molecule has 2 rings (SSSR count). The smallest absolute Gasteiger partial charge is 0.305 e. The molecule has 1 aromatic heterocycles. The van der Waals surface area contributed by atoms with Crippen molar-refractivity contribution >= 4 is 50.9 Å². The number of carboxylic acid groups (broad SMARTS) is 1. The molecule has 1 aromatic rings. The third kappa shape index (κ3) is 3.27. The Morgan fingerprint density at radius 2 is 2.33 bits per heavy atom. The van der Waals surface area contributed by atoms with Crippen LogP contribution in [0.15, 0.2) is 15.2 Å². The Bertz CT molecular complexity index is 463. The van der Waals surface area contributed by atoms with Gasteiger partial charge in [-0.2, -0.15) is 11.8 Å². The first-order valence-corrected chi connectivity index (χ1v) is 8.25. The maximum Gasteiger partial charge on any atom is 0.305 e. The predicted octanol–water partition coefficient (Wildman–Crippen LogP) is 2.54. The van der Waals surface area contributed by atoms with Gasteiger partial charge in [0.25, 0.3) is 5.91 Å². The molecule has 1 saturated heterocycles. The van der Waals surface area contributed by atoms with Crippen molar-refractivity contribution in [1.29, 1.82) is 0 Å². The van der Waals surface area contributed by atoms with Crippen molar-refractivity contribution in [3.63, 3.8) is 0 Å². The summed E-state index contributed by atoms with van der Waals surface area (Å²) in [6.07, 6.45) is 0.0179. The molecule has 1 amide bonds. The van der Waals surface area contributed by atoms with Crippen molar-refractivity contribution in [2.75, 3.05) is 18.1 Å². The van der Waals surface area contributed by atoms with Crippen LogP contribution in [0.1, 0.15) is 16.8 Å². The standard InChI is InChI=1S/C11H12BrNO3S2/c12-9-3-7(5-18-9)11(16)13-1-2-17-6-8(13)4-10(14)15/h3,5,8H,1-2,4,6H2,(H,14,15). The number of carbonyl (C=O) groups is 2. The van der Waals surface area contributed by atoms with Crippen LogP contribution in [-0.2, 0) is 4.79 Å². The minimum Gasteiger partial charge on any atom is -0.481 e. The van der Waals surface area contributed by atoms with Gasteiger partial charge in [-0.05, 0) is 22.0 Å². The summed E-state index contributed by atoms with van der Waals surface area (Å²) >= 11 is 6.49. The van der Waals surface area contributed by atoms with Crippen LogP contribution in [0.25, 0.3) is 0 Å². The molecule has 2 heterocycles. The zero-order chi connectivity index (χ0) is 13.1. The number of rotatable bonds is 3. The van der Waals surface area contributed by atoms with Gasteiger partial charge in [0, 0.05) is 23.4 Å². The largest absolute Gasteiger partial charge is 0.481 e. The van der Waals surface area contributed by atoms with Crippen LogP contribution in [0.5, 0.6) is 0 Å². The molecule has 18 heavy (non-hydrogen) atoms. The highest BCUT2D eigenvalue weighted by molar-refractivity contribution is 9.11. The molecule has 0 bridgehead atoms. The molecule has 1 unspecified atom stereocenters. The van der Waals surface area contributed by atoms with E-state index in [4.69, 9.17) is 5.11 Å². The number of amides is 1. The van der Waals surface area contributed by atoms with E-state index in [9.17, 15) is 9.59 Å². The van der Waals surface area contributed by atoms with E-state index < -0.39 is 5.97 Å². The van der Waals surface area contributed by atoms with Gasteiger partial charge in [0.05, 0.1) is 21.8 Å². The first kappa shape index (κ1) is 13.9. The molecular weight excluding hydrogens is 338 g/mol. The maximum absolute atomic E-state index is 12.3. The molecule has 0 radical (unpaired) electrons. The summed E-state index contributed by atoms with van der Waals surface area (Å²) in [5.74, 6) is 0.645. The Hall–Kier alpha value is -0.530. The summed E-state index contributed by atoms with van der Waals surface area (Å²) in [6, 6.07) is 1.58. The fourth-order valence-corrected chi connectivity index (χ4v) is 4.07. The molecule has 0 saturated carbocycles. The summed E-state index contributed by atoms with van der Waals surface area (Å²) in [7, 11) is 0. The zero-order valence-corrected chi connectivity index (χ0v) is 12.7. The lowest BCUT2D eigenvalue weighted by molar-refractivity contribution is -0.138. The van der Waals surface area contributed by atoms with E-state index in [0.29, 0.717) is 17.9 Å². The van der Waals surface area contributed by atoms with E-state index in [-0.39, 0.29) is 18.4 Å². The lowest BCUT2D eigenvalue weighted by Gasteiger charge is -2.34. The molecule has 1 aliphatic heterocycles. The molecule has 7 heteroatoms. The molecule has 0 aliphatic carbocycles. The summed E-state index contributed by atoms with van der Waals surface area (Å²) < 4.78 is 0.909. The van der Waals surface area contributed by atoms with E-state index in [1.807, 2.05) is 0 Å². The van der Waals surface area contributed by atoms with Crippen LogP contribution in [-0.4, -0.2) is 46.0 Å². The zero-order valence-electron chi connectivity index (χ0n) is 9.47. The van der Waals surface area contributed by atoms with Crippen LogP contribution in [0.4, 0.5) is 0 Å². The van der Waals surface area contributed by atoms with Crippen molar-refractivity contribution in [3.05, 3.63) is 20.8 Å². The van der Waals surface area contributed by atoms with Gasteiger partial charge in [-0.3, -0.25) is 9.59 Å². The Morgan fingerprint density at radius 3 is 2.94 bits per heavy atom. The quantitative estimate of drug-likeness (QED) is 0.910. The van der Waals surface area contributed by atoms with Gasteiger partial charge < -0.3 is 10.0 Å². The van der Waals surface area contributed by atoms with E-state index in [1.54, 1.807) is 28.1 Å². The molecule has 4 nitrogen and oxygen atoms in total. The van der Waals surface area contributed by atoms with E-state index in [1.165, 1.54) is 11.3 Å². The number of aliphatic carboxylic acids is 1. The van der Waals surface area contributed by atoms with Gasteiger partial charge in [0.2, 0.25) is 0 Å². The third-order valence-corrected chi connectivity index (χ3v) is 5.31. The van der Waals surface area contributed by atoms with Gasteiger partial charge >= 0.3 is 5.97 Å². The highest BCUT2D eigenvalue weighted by atomic mass is 79.9. The van der Waals surface area contributed by atoms with Gasteiger partial charge in [-0.15, -0.1) is 11.3 Å². The number of thioether (sulfide) groups is 1. The average Bonchev–Trinajstić information content (AvgIpc) is 2.75. The predicted molar refractivity (Wildman–Crippen MR) is 76.4 cm³/mol. The number of thiophene rings is 1. The lowest BCUT2D eigenvalue weighted by atomic mass is 10.1. The average molecular weight is 350 g/mol. The van der Waals surface area contributed by atoms with Gasteiger partial charge in [-0.1, -0.05) is 0 Å². The SMILES string of the molecule is O=C(O)CC1CSCCN1C(=O)c1csc(Br)c1. The second-order valence-corrected chi connectivity index (χ2v) is 7.40. The van der Waals surface area contributed by atoms with E-state index in [2.05, 4.69) is 15.9 Å². The van der Waals surface area contributed by atoms with Crippen LogP contribution in [0.2, 0.25) is 0 Å². The van der Waals surface area contributed by atoms with Crippen LogP contribution >= 0.6 is 39.0 Å². The second-order valence-electron chi connectivity index (χ2n) is 3.96. The van der Waals surface area contributed by atoms with Gasteiger partial charge in [-0.25, -0.2) is 0 Å². The first-order chi connectivity index (χ1) is 8.58. The molecule has 1 fully saturated rings. The van der Waals surface area contributed by atoms with E-state index in [0.717, 1.165) is 9.54 Å². The molecule has 1 atom stereocenters. The molecule has 98 valence electrons. The van der Waals surface area contributed by atoms with Crippen LogP contribution in [0, 0.1) is 0 Å². The van der Waals surface area contributed by atoms with Crippen molar-refractivity contribution in [2.45, 2.75) is 12.5 Å². The molecule has 0 spiro atoms. The van der Waals surface area contributed by atoms with Gasteiger partial charge in [0.15, 0.2) is 0 Å². The normalized spacial score (nSPS) is 19.8. The Labute approximate surface area is 121 Å². The Kier molecular flexibility index (Phi) is 4.69. The minimum absolute atomic E-state index is 0.0179. The number of carbonyl (C=O) groups excluding carboxylic acids is 1. The topological polar surface area (TPSA) is 57.6 Å². The van der Waals surface area contributed by atoms with Gasteiger partial charge in [0.1, 0.15) is 0 Å². The number of halogens is 1. The highest BCUT2D eigenvalue weighted by Gasteiger charge is 2.29. The van der Waals surface area contributed by atoms with Crippen molar-refractivity contribution < 1.29 is 14.7 Å².